The molecule has 3 N–H and O–H groups in total. The van der Waals surface area contributed by atoms with Crippen molar-refractivity contribution < 1.29 is 19.0 Å². The third-order valence-electron chi connectivity index (χ3n) is 4.39. The lowest BCUT2D eigenvalue weighted by atomic mass is 10.2. The molecule has 0 saturated heterocycles. The molecule has 4 rings (SSSR count). The van der Waals surface area contributed by atoms with Crippen molar-refractivity contribution in [2.24, 2.45) is 0 Å². The van der Waals surface area contributed by atoms with Gasteiger partial charge in [0.1, 0.15) is 5.69 Å². The lowest BCUT2D eigenvalue weighted by Crippen LogP contribution is -2.12. The Labute approximate surface area is 176 Å². The number of fused-ring (bicyclic) bond motifs is 1. The van der Waals surface area contributed by atoms with E-state index in [0.717, 1.165) is 16.6 Å². The van der Waals surface area contributed by atoms with Gasteiger partial charge in [-0.2, -0.15) is 5.10 Å². The molecule has 1 amide bonds. The molecule has 9 nitrogen and oxygen atoms in total. The van der Waals surface area contributed by atoms with Crippen LogP contribution in [0.4, 0.5) is 16.5 Å². The summed E-state index contributed by atoms with van der Waals surface area (Å²) in [5.74, 6) is 0.989. The van der Waals surface area contributed by atoms with Crippen molar-refractivity contribution in [2.45, 2.75) is 0 Å². The van der Waals surface area contributed by atoms with Crippen LogP contribution >= 0.6 is 11.3 Å². The lowest BCUT2D eigenvalue weighted by molar-refractivity contribution is 0.102. The zero-order valence-corrected chi connectivity index (χ0v) is 17.3. The number of methoxy groups -OCH3 is 3. The second-order valence-corrected chi connectivity index (χ2v) is 7.03. The molecule has 4 aromatic rings. The summed E-state index contributed by atoms with van der Waals surface area (Å²) in [6.07, 6.45) is 1.74. The van der Waals surface area contributed by atoms with Gasteiger partial charge < -0.3 is 24.8 Å². The molecule has 154 valence electrons. The minimum Gasteiger partial charge on any atom is -0.493 e. The number of H-pyrrole nitrogens is 1. The third kappa shape index (κ3) is 3.72. The Hall–Kier alpha value is -3.79. The van der Waals surface area contributed by atoms with Crippen molar-refractivity contribution in [3.63, 3.8) is 0 Å². The largest absolute Gasteiger partial charge is 0.493 e. The Morgan fingerprint density at radius 2 is 1.87 bits per heavy atom. The molecular formula is C20H19N5O4S. The monoisotopic (exact) mass is 425 g/mol. The summed E-state index contributed by atoms with van der Waals surface area (Å²) < 4.78 is 15.9. The Balaban J connectivity index is 1.53. The number of hydrogen-bond donors (Lipinski definition) is 3. The summed E-state index contributed by atoms with van der Waals surface area (Å²) >= 11 is 1.33. The highest BCUT2D eigenvalue weighted by Gasteiger charge is 2.17. The average molecular weight is 425 g/mol. The van der Waals surface area contributed by atoms with E-state index in [0.29, 0.717) is 28.1 Å². The first-order valence-corrected chi connectivity index (χ1v) is 9.77. The number of carbonyl (C=O) groups excluding carboxylic acids is 1. The van der Waals surface area contributed by atoms with Crippen LogP contribution in [0, 0.1) is 0 Å². The number of aromatic nitrogens is 3. The van der Waals surface area contributed by atoms with Gasteiger partial charge in [0.25, 0.3) is 5.91 Å². The zero-order chi connectivity index (χ0) is 21.1. The number of anilines is 3. The van der Waals surface area contributed by atoms with Crippen molar-refractivity contribution >= 4 is 44.7 Å². The fourth-order valence-corrected chi connectivity index (χ4v) is 3.68. The van der Waals surface area contributed by atoms with E-state index in [9.17, 15) is 4.79 Å². The van der Waals surface area contributed by atoms with Gasteiger partial charge in [-0.15, -0.1) is 11.3 Å². The van der Waals surface area contributed by atoms with Crippen LogP contribution in [0.1, 0.15) is 10.5 Å². The first-order valence-electron chi connectivity index (χ1n) is 8.89. The molecular weight excluding hydrogens is 406 g/mol. The molecule has 2 aromatic carbocycles. The van der Waals surface area contributed by atoms with Gasteiger partial charge in [0.2, 0.25) is 5.75 Å². The Bertz CT molecular complexity index is 1180. The Morgan fingerprint density at radius 3 is 2.57 bits per heavy atom. The van der Waals surface area contributed by atoms with Gasteiger partial charge in [0.05, 0.1) is 38.7 Å². The number of benzene rings is 2. The number of rotatable bonds is 7. The van der Waals surface area contributed by atoms with Gasteiger partial charge in [-0.3, -0.25) is 9.89 Å². The number of hydrogen-bond acceptors (Lipinski definition) is 8. The number of ether oxygens (including phenoxy) is 3. The highest BCUT2D eigenvalue weighted by Crippen LogP contribution is 2.40. The number of nitrogens with one attached hydrogen (secondary N) is 3. The van der Waals surface area contributed by atoms with Crippen molar-refractivity contribution in [1.82, 2.24) is 15.2 Å². The number of nitrogens with zero attached hydrogens (tertiary/aromatic N) is 2. The summed E-state index contributed by atoms with van der Waals surface area (Å²) in [7, 11) is 4.55. The van der Waals surface area contributed by atoms with E-state index < -0.39 is 0 Å². The molecule has 0 aliphatic heterocycles. The van der Waals surface area contributed by atoms with E-state index in [1.54, 1.807) is 23.7 Å². The quantitative estimate of drug-likeness (QED) is 0.410. The molecule has 0 atom stereocenters. The highest BCUT2D eigenvalue weighted by molar-refractivity contribution is 7.14. The molecule has 0 unspecified atom stereocenters. The molecule has 2 heterocycles. The lowest BCUT2D eigenvalue weighted by Gasteiger charge is -2.14. The van der Waals surface area contributed by atoms with Crippen LogP contribution in [0.5, 0.6) is 17.2 Å². The van der Waals surface area contributed by atoms with Crippen LogP contribution < -0.4 is 24.8 Å². The number of thiazole rings is 1. The summed E-state index contributed by atoms with van der Waals surface area (Å²) in [4.78, 5) is 17.1. The predicted molar refractivity (Wildman–Crippen MR) is 116 cm³/mol. The highest BCUT2D eigenvalue weighted by atomic mass is 32.1. The minimum absolute atomic E-state index is 0.288. The molecule has 0 fully saturated rings. The molecule has 0 saturated carbocycles. The molecule has 30 heavy (non-hydrogen) atoms. The second kappa shape index (κ2) is 8.29. The maximum atomic E-state index is 12.7. The van der Waals surface area contributed by atoms with Gasteiger partial charge in [0, 0.05) is 28.6 Å². The summed E-state index contributed by atoms with van der Waals surface area (Å²) in [6.45, 7) is 0. The van der Waals surface area contributed by atoms with E-state index in [1.165, 1.54) is 32.7 Å². The van der Waals surface area contributed by atoms with Crippen LogP contribution in [-0.2, 0) is 0 Å². The van der Waals surface area contributed by atoms with Crippen LogP contribution in [0.3, 0.4) is 0 Å². The smallest absolute Gasteiger partial charge is 0.275 e. The molecule has 0 spiro atoms. The minimum atomic E-state index is -0.352. The van der Waals surface area contributed by atoms with Gasteiger partial charge in [-0.25, -0.2) is 4.98 Å². The van der Waals surface area contributed by atoms with Crippen LogP contribution in [0.25, 0.3) is 10.9 Å². The van der Waals surface area contributed by atoms with Crippen LogP contribution in [0.2, 0.25) is 0 Å². The number of aromatic amines is 1. The Kier molecular flexibility index (Phi) is 5.40. The Morgan fingerprint density at radius 1 is 1.10 bits per heavy atom. The number of amides is 1. The second-order valence-electron chi connectivity index (χ2n) is 6.17. The fourth-order valence-electron chi connectivity index (χ4n) is 2.98. The maximum Gasteiger partial charge on any atom is 0.275 e. The molecule has 0 aliphatic rings. The molecule has 10 heteroatoms. The fraction of sp³-hybridized carbons (Fsp3) is 0.150. The van der Waals surface area contributed by atoms with E-state index in [1.807, 2.05) is 18.2 Å². The predicted octanol–water partition coefficient (Wildman–Crippen LogP) is 4.04. The first kappa shape index (κ1) is 19.5. The average Bonchev–Trinajstić information content (AvgIpc) is 3.43. The third-order valence-corrected chi connectivity index (χ3v) is 5.14. The van der Waals surface area contributed by atoms with Gasteiger partial charge in [0.15, 0.2) is 16.6 Å². The van der Waals surface area contributed by atoms with Crippen molar-refractivity contribution in [1.29, 1.82) is 0 Å². The van der Waals surface area contributed by atoms with Crippen molar-refractivity contribution in [3.8, 4) is 17.2 Å². The van der Waals surface area contributed by atoms with Crippen molar-refractivity contribution in [2.75, 3.05) is 32.0 Å². The molecule has 0 aliphatic carbocycles. The zero-order valence-electron chi connectivity index (χ0n) is 16.5. The number of carbonyl (C=O) groups is 1. The summed E-state index contributed by atoms with van der Waals surface area (Å²) in [5, 5.41) is 16.2. The van der Waals surface area contributed by atoms with E-state index in [2.05, 4.69) is 25.8 Å². The van der Waals surface area contributed by atoms with Gasteiger partial charge in [-0.05, 0) is 12.1 Å². The molecule has 0 bridgehead atoms. The SMILES string of the molecule is COc1cc(NC(=O)c2csc(Nc3cccc4[nH]ncc34)n2)cc(OC)c1OC. The summed E-state index contributed by atoms with van der Waals surface area (Å²) in [5.41, 5.74) is 2.56. The van der Waals surface area contributed by atoms with Crippen LogP contribution in [-0.4, -0.2) is 42.4 Å². The van der Waals surface area contributed by atoms with E-state index in [-0.39, 0.29) is 11.6 Å². The van der Waals surface area contributed by atoms with Crippen LogP contribution in [0.15, 0.2) is 41.9 Å². The summed E-state index contributed by atoms with van der Waals surface area (Å²) in [6, 6.07) is 9.09. The maximum absolute atomic E-state index is 12.7. The molecule has 2 aromatic heterocycles. The topological polar surface area (TPSA) is 110 Å². The van der Waals surface area contributed by atoms with Gasteiger partial charge in [-0.1, -0.05) is 6.07 Å². The van der Waals surface area contributed by atoms with Crippen molar-refractivity contribution in [3.05, 3.63) is 47.6 Å². The standard InChI is InChI=1S/C20H19N5O4S/c1-27-16-7-11(8-17(28-2)18(16)29-3)22-19(26)15-10-30-20(24-15)23-13-5-4-6-14-12(13)9-21-25-14/h4-10H,1-3H3,(H,21,25)(H,22,26)(H,23,24). The molecule has 0 radical (unpaired) electrons. The van der Waals surface area contributed by atoms with Gasteiger partial charge >= 0.3 is 0 Å². The van der Waals surface area contributed by atoms with E-state index in [4.69, 9.17) is 14.2 Å². The van der Waals surface area contributed by atoms with E-state index >= 15 is 0 Å². The first-order chi connectivity index (χ1) is 14.6. The normalized spacial score (nSPS) is 10.6.